The van der Waals surface area contributed by atoms with E-state index in [-0.39, 0.29) is 12.4 Å². The number of hydrogen-bond donors (Lipinski definition) is 3. The smallest absolute Gasteiger partial charge is 0.335 e. The summed E-state index contributed by atoms with van der Waals surface area (Å²) in [6, 6.07) is 0. The molecule has 19 heavy (non-hydrogen) atoms. The Kier molecular flexibility index (Phi) is 9.92. The van der Waals surface area contributed by atoms with Crippen LogP contribution in [-0.4, -0.2) is 28.7 Å². The second-order valence-electron chi connectivity index (χ2n) is 5.17. The van der Waals surface area contributed by atoms with Gasteiger partial charge in [-0.3, -0.25) is 4.57 Å². The van der Waals surface area contributed by atoms with Gasteiger partial charge in [-0.25, -0.2) is 0 Å². The van der Waals surface area contributed by atoms with Crippen LogP contribution in [0.15, 0.2) is 5.16 Å². The Morgan fingerprint density at radius 1 is 1.26 bits per heavy atom. The maximum absolute atomic E-state index is 11.5. The summed E-state index contributed by atoms with van der Waals surface area (Å²) in [7, 11) is -3.76. The lowest BCUT2D eigenvalue weighted by Gasteiger charge is -2.11. The SMILES string of the molecule is CC(C)CCCCCCCOP(=O)(O)CC(N)=NO. The molecule has 0 aliphatic carbocycles. The Hall–Kier alpha value is -0.580. The van der Waals surface area contributed by atoms with Crippen LogP contribution in [0.5, 0.6) is 0 Å². The van der Waals surface area contributed by atoms with Crippen LogP contribution in [-0.2, 0) is 9.09 Å². The molecule has 0 amide bonds. The van der Waals surface area contributed by atoms with E-state index in [0.717, 1.165) is 25.2 Å². The largest absolute Gasteiger partial charge is 0.409 e. The predicted octanol–water partition coefficient (Wildman–Crippen LogP) is 2.93. The molecule has 6 nitrogen and oxygen atoms in total. The van der Waals surface area contributed by atoms with E-state index in [2.05, 4.69) is 19.0 Å². The standard InChI is InChI=1S/C12H27N2O4P/c1-11(2)8-6-4-3-5-7-9-18-19(16,17)10-12(13)14-15/h11,15H,3-10H2,1-2H3,(H2,13,14)(H,16,17). The van der Waals surface area contributed by atoms with Gasteiger partial charge >= 0.3 is 7.60 Å². The zero-order valence-corrected chi connectivity index (χ0v) is 12.8. The average molecular weight is 294 g/mol. The average Bonchev–Trinajstić information content (AvgIpc) is 2.31. The van der Waals surface area contributed by atoms with Crippen LogP contribution in [0.2, 0.25) is 0 Å². The molecule has 0 saturated heterocycles. The molecule has 0 aromatic heterocycles. The fourth-order valence-electron chi connectivity index (χ4n) is 1.67. The van der Waals surface area contributed by atoms with E-state index >= 15 is 0 Å². The normalized spacial score (nSPS) is 15.7. The van der Waals surface area contributed by atoms with Crippen molar-refractivity contribution in [3.05, 3.63) is 0 Å². The van der Waals surface area contributed by atoms with E-state index in [1.165, 1.54) is 19.3 Å². The lowest BCUT2D eigenvalue weighted by atomic mass is 10.0. The number of unbranched alkanes of at least 4 members (excludes halogenated alkanes) is 4. The van der Waals surface area contributed by atoms with E-state index in [1.54, 1.807) is 0 Å². The van der Waals surface area contributed by atoms with Gasteiger partial charge in [0, 0.05) is 0 Å². The van der Waals surface area contributed by atoms with Crippen LogP contribution in [0.3, 0.4) is 0 Å². The number of rotatable bonds is 11. The molecule has 114 valence electrons. The van der Waals surface area contributed by atoms with Crippen molar-refractivity contribution in [1.29, 1.82) is 0 Å². The Morgan fingerprint density at radius 2 is 1.84 bits per heavy atom. The monoisotopic (exact) mass is 294 g/mol. The molecule has 0 aromatic rings. The van der Waals surface area contributed by atoms with Crippen molar-refractivity contribution in [1.82, 2.24) is 0 Å². The summed E-state index contributed by atoms with van der Waals surface area (Å²) in [6.07, 6.45) is 6.11. The van der Waals surface area contributed by atoms with Crippen LogP contribution in [0.4, 0.5) is 0 Å². The molecule has 0 aliphatic heterocycles. The van der Waals surface area contributed by atoms with Gasteiger partial charge < -0.3 is 20.4 Å². The summed E-state index contributed by atoms with van der Waals surface area (Å²) in [5.74, 6) is 0.460. The summed E-state index contributed by atoms with van der Waals surface area (Å²) in [4.78, 5) is 9.38. The van der Waals surface area contributed by atoms with E-state index in [1.807, 2.05) is 0 Å². The van der Waals surface area contributed by atoms with Gasteiger partial charge in [-0.2, -0.15) is 0 Å². The summed E-state index contributed by atoms with van der Waals surface area (Å²) >= 11 is 0. The third kappa shape index (κ3) is 12.2. The van der Waals surface area contributed by atoms with Crippen LogP contribution >= 0.6 is 7.60 Å². The van der Waals surface area contributed by atoms with Gasteiger partial charge in [-0.05, 0) is 12.3 Å². The quantitative estimate of drug-likeness (QED) is 0.136. The molecule has 1 atom stereocenters. The van der Waals surface area contributed by atoms with Crippen LogP contribution in [0, 0.1) is 5.92 Å². The maximum atomic E-state index is 11.5. The molecule has 0 spiro atoms. The van der Waals surface area contributed by atoms with Gasteiger partial charge in [-0.1, -0.05) is 51.1 Å². The van der Waals surface area contributed by atoms with Crippen molar-refractivity contribution < 1.29 is 19.2 Å². The summed E-state index contributed by atoms with van der Waals surface area (Å²) in [5, 5.41) is 11.0. The highest BCUT2D eigenvalue weighted by molar-refractivity contribution is 7.53. The first-order chi connectivity index (χ1) is 8.87. The van der Waals surface area contributed by atoms with Crippen LogP contribution in [0.25, 0.3) is 0 Å². The fourth-order valence-corrected chi connectivity index (χ4v) is 2.65. The second-order valence-corrected chi connectivity index (χ2v) is 7.02. The highest BCUT2D eigenvalue weighted by Gasteiger charge is 2.21. The Bertz CT molecular complexity index is 308. The van der Waals surface area contributed by atoms with Crippen LogP contribution in [0.1, 0.15) is 52.4 Å². The lowest BCUT2D eigenvalue weighted by Crippen LogP contribution is -2.17. The zero-order valence-electron chi connectivity index (χ0n) is 11.9. The number of amidine groups is 1. The number of hydrogen-bond acceptors (Lipinski definition) is 4. The van der Waals surface area contributed by atoms with Gasteiger partial charge in [0.1, 0.15) is 6.16 Å². The molecular weight excluding hydrogens is 267 g/mol. The predicted molar refractivity (Wildman–Crippen MR) is 76.6 cm³/mol. The van der Waals surface area contributed by atoms with E-state index in [9.17, 15) is 9.46 Å². The molecule has 0 saturated carbocycles. The summed E-state index contributed by atoms with van der Waals surface area (Å²) < 4.78 is 16.3. The number of nitrogens with zero attached hydrogens (tertiary/aromatic N) is 1. The van der Waals surface area contributed by atoms with E-state index in [0.29, 0.717) is 0 Å². The van der Waals surface area contributed by atoms with Gasteiger partial charge in [0.05, 0.1) is 6.61 Å². The second kappa shape index (κ2) is 10.2. The Morgan fingerprint density at radius 3 is 2.42 bits per heavy atom. The molecule has 7 heteroatoms. The molecule has 4 N–H and O–H groups in total. The van der Waals surface area contributed by atoms with Crippen molar-refractivity contribution in [2.24, 2.45) is 16.8 Å². The van der Waals surface area contributed by atoms with Gasteiger partial charge in [0.25, 0.3) is 0 Å². The third-order valence-electron chi connectivity index (χ3n) is 2.71. The molecule has 0 heterocycles. The molecule has 0 aromatic carbocycles. The first-order valence-corrected chi connectivity index (χ1v) is 8.56. The van der Waals surface area contributed by atoms with E-state index in [4.69, 9.17) is 15.5 Å². The molecule has 0 rings (SSSR count). The molecule has 0 aliphatic rings. The van der Waals surface area contributed by atoms with E-state index < -0.39 is 13.8 Å². The maximum Gasteiger partial charge on any atom is 0.335 e. The third-order valence-corrected chi connectivity index (χ3v) is 4.02. The van der Waals surface area contributed by atoms with Crippen molar-refractivity contribution in [3.8, 4) is 0 Å². The minimum atomic E-state index is -3.76. The minimum Gasteiger partial charge on any atom is -0.409 e. The topological polar surface area (TPSA) is 105 Å². The van der Waals surface area contributed by atoms with Gasteiger partial charge in [0.15, 0.2) is 5.84 Å². The van der Waals surface area contributed by atoms with Gasteiger partial charge in [0.2, 0.25) is 0 Å². The van der Waals surface area contributed by atoms with Gasteiger partial charge in [-0.15, -0.1) is 0 Å². The first kappa shape index (κ1) is 18.4. The first-order valence-electron chi connectivity index (χ1n) is 6.80. The number of oxime groups is 1. The molecule has 0 fully saturated rings. The van der Waals surface area contributed by atoms with Crippen molar-refractivity contribution in [2.75, 3.05) is 12.8 Å². The summed E-state index contributed by atoms with van der Waals surface area (Å²) in [6.45, 7) is 4.67. The van der Waals surface area contributed by atoms with Crippen molar-refractivity contribution >= 4 is 13.4 Å². The highest BCUT2D eigenvalue weighted by Crippen LogP contribution is 2.41. The Balaban J connectivity index is 3.51. The highest BCUT2D eigenvalue weighted by atomic mass is 31.2. The summed E-state index contributed by atoms with van der Waals surface area (Å²) in [5.41, 5.74) is 5.16. The Labute approximate surface area is 115 Å². The van der Waals surface area contributed by atoms with Crippen LogP contribution < -0.4 is 5.73 Å². The van der Waals surface area contributed by atoms with Crippen molar-refractivity contribution in [3.63, 3.8) is 0 Å². The fraction of sp³-hybridized carbons (Fsp3) is 0.917. The minimum absolute atomic E-state index is 0.233. The number of nitrogens with two attached hydrogens (primary N) is 1. The lowest BCUT2D eigenvalue weighted by molar-refractivity contribution is 0.254. The van der Waals surface area contributed by atoms with Crippen molar-refractivity contribution in [2.45, 2.75) is 52.4 Å². The molecule has 1 unspecified atom stereocenters. The zero-order chi connectivity index (χ0) is 14.7. The molecule has 0 bridgehead atoms. The molecular formula is C12H27N2O4P. The molecule has 0 radical (unpaired) electrons.